The molecule has 0 aliphatic carbocycles. The van der Waals surface area contributed by atoms with Crippen molar-refractivity contribution in [2.75, 3.05) is 0 Å². The SMILES string of the molecule is O.O=[N+]([O-])[O-].O=[N+]([O-])[O-].[Li+].[Na+]. The van der Waals surface area contributed by atoms with Gasteiger partial charge in [0, 0.05) is 0 Å². The Labute approximate surface area is 94.4 Å². The van der Waals surface area contributed by atoms with Crippen LogP contribution in [0.1, 0.15) is 0 Å². The molecule has 0 amide bonds. The summed E-state index contributed by atoms with van der Waals surface area (Å²) in [5.41, 5.74) is 0. The predicted molar refractivity (Wildman–Crippen MR) is 24.3 cm³/mol. The first-order chi connectivity index (χ1) is 3.46. The van der Waals surface area contributed by atoms with Gasteiger partial charge in [-0.15, -0.1) is 0 Å². The van der Waals surface area contributed by atoms with Crippen LogP contribution in [0.5, 0.6) is 0 Å². The van der Waals surface area contributed by atoms with E-state index < -0.39 is 10.2 Å². The van der Waals surface area contributed by atoms with E-state index in [1.807, 2.05) is 0 Å². The molecule has 0 aromatic rings. The summed E-state index contributed by atoms with van der Waals surface area (Å²) < 4.78 is 0. The molecule has 0 unspecified atom stereocenters. The van der Waals surface area contributed by atoms with Gasteiger partial charge in [0.25, 0.3) is 0 Å². The van der Waals surface area contributed by atoms with Crippen molar-refractivity contribution < 1.29 is 64.1 Å². The Hall–Kier alpha value is -0.0426. The van der Waals surface area contributed by atoms with Gasteiger partial charge in [0.2, 0.25) is 0 Å². The fraction of sp³-hybridized carbons (Fsp3) is 0. The molecule has 56 valence electrons. The quantitative estimate of drug-likeness (QED) is 0.200. The summed E-state index contributed by atoms with van der Waals surface area (Å²) in [6, 6.07) is 0. The Kier molecular flexibility index (Phi) is 62.6. The molecule has 0 radical (unpaired) electrons. The molecular formula is H2LiN2NaO7. The maximum atomic E-state index is 8.25. The smallest absolute Gasteiger partial charge is 0.412 e. The Morgan fingerprint density at radius 1 is 0.818 bits per heavy atom. The second kappa shape index (κ2) is 22.5. The maximum absolute atomic E-state index is 8.25. The zero-order valence-corrected chi connectivity index (χ0v) is 7.84. The normalized spacial score (nSPS) is 4.36. The van der Waals surface area contributed by atoms with Gasteiger partial charge in [0.05, 0.1) is 10.2 Å². The molecule has 0 rings (SSSR count). The van der Waals surface area contributed by atoms with Crippen molar-refractivity contribution in [1.29, 1.82) is 0 Å². The van der Waals surface area contributed by atoms with Crippen molar-refractivity contribution in [2.24, 2.45) is 0 Å². The molecule has 0 spiro atoms. The van der Waals surface area contributed by atoms with Crippen LogP contribution in [-0.2, 0) is 0 Å². The molecule has 0 aliphatic heterocycles. The van der Waals surface area contributed by atoms with Gasteiger partial charge in [-0.1, -0.05) is 0 Å². The topological polar surface area (TPSA) is 164 Å². The van der Waals surface area contributed by atoms with Crippen molar-refractivity contribution in [3.8, 4) is 0 Å². The molecule has 0 saturated heterocycles. The molecule has 0 fully saturated rings. The van der Waals surface area contributed by atoms with Gasteiger partial charge < -0.3 is 36.1 Å². The third-order valence-corrected chi connectivity index (χ3v) is 0. The molecule has 0 heterocycles. The Balaban J connectivity index is -0.0000000171. The summed E-state index contributed by atoms with van der Waals surface area (Å²) in [5, 5.41) is 29.5. The fourth-order valence-electron chi connectivity index (χ4n) is 0. The van der Waals surface area contributed by atoms with Gasteiger partial charge in [-0.25, -0.2) is 0 Å². The average molecular weight is 172 g/mol. The summed E-state index contributed by atoms with van der Waals surface area (Å²) in [4.78, 5) is 16.5. The van der Waals surface area contributed by atoms with Crippen molar-refractivity contribution in [3.63, 3.8) is 0 Å². The minimum Gasteiger partial charge on any atom is -0.412 e. The zero-order chi connectivity index (χ0) is 7.15. The standard InChI is InChI=1S/Li.2NO3.Na.H2O/c;2*2-1(3)4;;/h;;;;1H2/q+1;2*-1;+1;. The van der Waals surface area contributed by atoms with E-state index in [4.69, 9.17) is 30.6 Å². The number of rotatable bonds is 0. The van der Waals surface area contributed by atoms with Crippen molar-refractivity contribution in [3.05, 3.63) is 30.6 Å². The van der Waals surface area contributed by atoms with Gasteiger partial charge in [-0.2, -0.15) is 0 Å². The van der Waals surface area contributed by atoms with Crippen LogP contribution in [0, 0.1) is 30.6 Å². The molecule has 0 saturated carbocycles. The second-order valence-electron chi connectivity index (χ2n) is 0.447. The largest absolute Gasteiger partial charge is 1.00 e. The van der Waals surface area contributed by atoms with Gasteiger partial charge in [-0.3, -0.25) is 0 Å². The fourth-order valence-corrected chi connectivity index (χ4v) is 0. The maximum Gasteiger partial charge on any atom is 1.00 e. The predicted octanol–water partition coefficient (Wildman–Crippen LogP) is -7.29. The van der Waals surface area contributed by atoms with Crippen LogP contribution in [-0.4, -0.2) is 15.6 Å². The number of hydrogen-bond acceptors (Lipinski definition) is 6. The van der Waals surface area contributed by atoms with E-state index >= 15 is 0 Å². The number of hydrogen-bond donors (Lipinski definition) is 0. The summed E-state index contributed by atoms with van der Waals surface area (Å²) in [6.07, 6.45) is 0. The van der Waals surface area contributed by atoms with Gasteiger partial charge in [-0.05, 0) is 0 Å². The van der Waals surface area contributed by atoms with Crippen LogP contribution in [0.3, 0.4) is 0 Å². The van der Waals surface area contributed by atoms with E-state index in [1.54, 1.807) is 0 Å². The first-order valence-electron chi connectivity index (χ1n) is 1.10. The van der Waals surface area contributed by atoms with Gasteiger partial charge in [0.1, 0.15) is 0 Å². The zero-order valence-electron chi connectivity index (χ0n) is 5.84. The average Bonchev–Trinajstić information content (AvgIpc) is 1.25. The second-order valence-corrected chi connectivity index (χ2v) is 0.447. The molecular weight excluding hydrogens is 170 g/mol. The van der Waals surface area contributed by atoms with E-state index in [0.717, 1.165) is 0 Å². The molecule has 0 bridgehead atoms. The molecule has 2 N–H and O–H groups in total. The van der Waals surface area contributed by atoms with Crippen LogP contribution >= 0.6 is 0 Å². The van der Waals surface area contributed by atoms with Gasteiger partial charge in [0.15, 0.2) is 0 Å². The summed E-state index contributed by atoms with van der Waals surface area (Å²) in [5.74, 6) is 0. The Bertz CT molecular complexity index is 74.4. The number of nitrogens with zero attached hydrogens (tertiary/aromatic N) is 2. The Morgan fingerprint density at radius 2 is 0.818 bits per heavy atom. The van der Waals surface area contributed by atoms with E-state index in [-0.39, 0.29) is 53.9 Å². The monoisotopic (exact) mass is 172 g/mol. The molecule has 9 nitrogen and oxygen atoms in total. The van der Waals surface area contributed by atoms with E-state index in [2.05, 4.69) is 0 Å². The molecule has 0 aromatic heterocycles. The van der Waals surface area contributed by atoms with Crippen molar-refractivity contribution >= 4 is 0 Å². The molecule has 0 aromatic carbocycles. The first kappa shape index (κ1) is 30.6. The molecule has 11 heteroatoms. The van der Waals surface area contributed by atoms with Crippen LogP contribution in [0.4, 0.5) is 0 Å². The molecule has 0 atom stereocenters. The summed E-state index contributed by atoms with van der Waals surface area (Å²) in [6.45, 7) is 0. The molecule has 11 heavy (non-hydrogen) atoms. The van der Waals surface area contributed by atoms with Gasteiger partial charge >= 0.3 is 48.4 Å². The third kappa shape index (κ3) is 347000. The Morgan fingerprint density at radius 3 is 0.818 bits per heavy atom. The minimum atomic E-state index is -1.75. The van der Waals surface area contributed by atoms with Crippen molar-refractivity contribution in [2.45, 2.75) is 0 Å². The van der Waals surface area contributed by atoms with Crippen LogP contribution in [0.2, 0.25) is 0 Å². The van der Waals surface area contributed by atoms with Crippen LogP contribution in [0.25, 0.3) is 0 Å². The minimum absolute atomic E-state index is 0. The molecule has 0 aliphatic rings. The summed E-state index contributed by atoms with van der Waals surface area (Å²) >= 11 is 0. The summed E-state index contributed by atoms with van der Waals surface area (Å²) in [7, 11) is 0. The van der Waals surface area contributed by atoms with E-state index in [9.17, 15) is 0 Å². The first-order valence-corrected chi connectivity index (χ1v) is 1.10. The third-order valence-electron chi connectivity index (χ3n) is 0. The van der Waals surface area contributed by atoms with Crippen molar-refractivity contribution in [1.82, 2.24) is 0 Å². The van der Waals surface area contributed by atoms with Crippen LogP contribution < -0.4 is 48.4 Å². The van der Waals surface area contributed by atoms with E-state index in [0.29, 0.717) is 0 Å². The van der Waals surface area contributed by atoms with E-state index in [1.165, 1.54) is 0 Å². The van der Waals surface area contributed by atoms with Crippen LogP contribution in [0.15, 0.2) is 0 Å².